The standard InChI is InChI=1S/C14H28N2O3Si/c1-4-10-18-14(19-11-5-2)20-12(3)6-8-16-9-7-15-13(16)17/h12,14H,4-11H2,1-3H3,(H,15,17). The second-order valence-electron chi connectivity index (χ2n) is 5.15. The van der Waals surface area contributed by atoms with Crippen molar-refractivity contribution in [3.8, 4) is 0 Å². The molecular weight excluding hydrogens is 272 g/mol. The van der Waals surface area contributed by atoms with Crippen LogP contribution in [0.4, 0.5) is 4.79 Å². The van der Waals surface area contributed by atoms with E-state index in [-0.39, 0.29) is 11.9 Å². The summed E-state index contributed by atoms with van der Waals surface area (Å²) in [6.45, 7) is 10.4. The summed E-state index contributed by atoms with van der Waals surface area (Å²) in [6, 6.07) is 0.0709. The molecule has 1 heterocycles. The number of rotatable bonds is 11. The number of nitrogens with zero attached hydrogens (tertiary/aromatic N) is 1. The third-order valence-corrected chi connectivity index (χ3v) is 4.61. The Morgan fingerprint density at radius 2 is 1.95 bits per heavy atom. The van der Waals surface area contributed by atoms with Crippen molar-refractivity contribution in [2.24, 2.45) is 0 Å². The van der Waals surface area contributed by atoms with Gasteiger partial charge in [-0.15, -0.1) is 0 Å². The average molecular weight is 300 g/mol. The molecule has 0 bridgehead atoms. The highest BCUT2D eigenvalue weighted by Crippen LogP contribution is 2.14. The number of carbonyl (C=O) groups is 1. The molecule has 1 aliphatic heterocycles. The fraction of sp³-hybridized carbons (Fsp3) is 0.929. The van der Waals surface area contributed by atoms with Gasteiger partial charge in [0, 0.05) is 32.8 Å². The quantitative estimate of drug-likeness (QED) is 0.469. The van der Waals surface area contributed by atoms with E-state index >= 15 is 0 Å². The molecular formula is C14H28N2O3Si. The summed E-state index contributed by atoms with van der Waals surface area (Å²) in [5, 5.41) is 2.83. The van der Waals surface area contributed by atoms with Gasteiger partial charge in [0.1, 0.15) is 15.4 Å². The molecule has 1 fully saturated rings. The normalized spacial score (nSPS) is 16.8. The topological polar surface area (TPSA) is 50.8 Å². The average Bonchev–Trinajstić information content (AvgIpc) is 2.85. The van der Waals surface area contributed by atoms with Gasteiger partial charge in [0.2, 0.25) is 0 Å². The molecule has 6 heteroatoms. The second kappa shape index (κ2) is 10.2. The van der Waals surface area contributed by atoms with Crippen LogP contribution in [0.25, 0.3) is 0 Å². The summed E-state index contributed by atoms with van der Waals surface area (Å²) in [7, 11) is 0.629. The summed E-state index contributed by atoms with van der Waals surface area (Å²) in [5.74, 6) is -0.0719. The van der Waals surface area contributed by atoms with Gasteiger partial charge >= 0.3 is 6.03 Å². The fourth-order valence-corrected chi connectivity index (χ4v) is 3.17. The summed E-state index contributed by atoms with van der Waals surface area (Å²) >= 11 is 0. The van der Waals surface area contributed by atoms with Crippen LogP contribution in [0.3, 0.4) is 0 Å². The first-order valence-corrected chi connectivity index (χ1v) is 8.84. The summed E-state index contributed by atoms with van der Waals surface area (Å²) in [4.78, 5) is 13.3. The van der Waals surface area contributed by atoms with E-state index < -0.39 is 0 Å². The Morgan fingerprint density at radius 3 is 2.45 bits per heavy atom. The van der Waals surface area contributed by atoms with Crippen molar-refractivity contribution in [3.05, 3.63) is 0 Å². The van der Waals surface area contributed by atoms with E-state index in [1.54, 1.807) is 0 Å². The molecule has 0 aliphatic carbocycles. The minimum absolute atomic E-state index is 0.0709. The van der Waals surface area contributed by atoms with E-state index in [0.717, 1.165) is 52.1 Å². The lowest BCUT2D eigenvalue weighted by atomic mass is 10.3. The Bertz CT molecular complexity index is 271. The van der Waals surface area contributed by atoms with E-state index in [0.29, 0.717) is 15.1 Å². The molecule has 2 radical (unpaired) electrons. The van der Waals surface area contributed by atoms with Crippen LogP contribution in [0.5, 0.6) is 0 Å². The molecule has 1 N–H and O–H groups in total. The van der Waals surface area contributed by atoms with E-state index in [1.165, 1.54) is 0 Å². The lowest BCUT2D eigenvalue weighted by Crippen LogP contribution is -2.32. The zero-order valence-corrected chi connectivity index (χ0v) is 14.0. The predicted octanol–water partition coefficient (Wildman–Crippen LogP) is 2.05. The number of carbonyl (C=O) groups excluding carboxylic acids is 1. The van der Waals surface area contributed by atoms with Crippen LogP contribution in [0.1, 0.15) is 40.0 Å². The van der Waals surface area contributed by atoms with Crippen LogP contribution in [-0.4, -0.2) is 59.2 Å². The molecule has 1 atom stereocenters. The van der Waals surface area contributed by atoms with E-state index in [4.69, 9.17) is 9.47 Å². The first-order valence-electron chi connectivity index (χ1n) is 7.69. The van der Waals surface area contributed by atoms with Crippen LogP contribution in [-0.2, 0) is 9.47 Å². The molecule has 1 aliphatic rings. The highest BCUT2D eigenvalue weighted by atomic mass is 28.2. The van der Waals surface area contributed by atoms with Gasteiger partial charge < -0.3 is 19.7 Å². The summed E-state index contributed by atoms with van der Waals surface area (Å²) in [5.41, 5.74) is 0.516. The number of ether oxygens (including phenoxy) is 2. The number of urea groups is 1. The first kappa shape index (κ1) is 17.5. The lowest BCUT2D eigenvalue weighted by Gasteiger charge is -2.22. The third kappa shape index (κ3) is 6.72. The van der Waals surface area contributed by atoms with Crippen molar-refractivity contribution in [3.63, 3.8) is 0 Å². The largest absolute Gasteiger partial charge is 0.357 e. The van der Waals surface area contributed by atoms with Gasteiger partial charge in [-0.05, 0) is 24.8 Å². The monoisotopic (exact) mass is 300 g/mol. The Hall–Kier alpha value is -0.593. The van der Waals surface area contributed by atoms with E-state index in [9.17, 15) is 4.79 Å². The van der Waals surface area contributed by atoms with Crippen molar-refractivity contribution in [2.45, 2.75) is 51.5 Å². The van der Waals surface area contributed by atoms with Crippen LogP contribution in [0.15, 0.2) is 0 Å². The zero-order valence-electron chi connectivity index (χ0n) is 13.0. The molecule has 0 aromatic rings. The molecule has 0 spiro atoms. The SMILES string of the molecule is CCCOC(OCCC)[Si]C(C)CCN1CCNC1=O. The van der Waals surface area contributed by atoms with Crippen molar-refractivity contribution < 1.29 is 14.3 Å². The van der Waals surface area contributed by atoms with Crippen LogP contribution < -0.4 is 5.32 Å². The zero-order chi connectivity index (χ0) is 14.8. The van der Waals surface area contributed by atoms with Crippen LogP contribution in [0.2, 0.25) is 5.54 Å². The molecule has 20 heavy (non-hydrogen) atoms. The fourth-order valence-electron chi connectivity index (χ4n) is 1.98. The molecule has 1 unspecified atom stereocenters. The first-order chi connectivity index (χ1) is 9.67. The molecule has 1 rings (SSSR count). The maximum Gasteiger partial charge on any atom is 0.317 e. The number of amides is 2. The Kier molecular flexibility index (Phi) is 8.89. The van der Waals surface area contributed by atoms with E-state index in [2.05, 4.69) is 26.1 Å². The Labute approximate surface area is 125 Å². The number of hydrogen-bond acceptors (Lipinski definition) is 3. The van der Waals surface area contributed by atoms with Crippen molar-refractivity contribution in [2.75, 3.05) is 32.8 Å². The third-order valence-electron chi connectivity index (χ3n) is 3.14. The minimum atomic E-state index is -0.0719. The summed E-state index contributed by atoms with van der Waals surface area (Å²) in [6.07, 6.45) is 3.03. The van der Waals surface area contributed by atoms with Crippen molar-refractivity contribution in [1.82, 2.24) is 10.2 Å². The van der Waals surface area contributed by atoms with Crippen molar-refractivity contribution >= 4 is 15.6 Å². The number of nitrogens with one attached hydrogen (secondary N) is 1. The molecule has 0 saturated carbocycles. The van der Waals surface area contributed by atoms with Gasteiger partial charge in [-0.2, -0.15) is 0 Å². The highest BCUT2D eigenvalue weighted by molar-refractivity contribution is 6.38. The molecule has 1 saturated heterocycles. The van der Waals surface area contributed by atoms with Crippen LogP contribution >= 0.6 is 0 Å². The molecule has 116 valence electrons. The second-order valence-corrected chi connectivity index (χ2v) is 6.94. The van der Waals surface area contributed by atoms with Gasteiger partial charge in [-0.3, -0.25) is 0 Å². The lowest BCUT2D eigenvalue weighted by molar-refractivity contribution is -0.0910. The van der Waals surface area contributed by atoms with Gasteiger partial charge in [0.05, 0.1) is 0 Å². The summed E-state index contributed by atoms with van der Waals surface area (Å²) < 4.78 is 11.5. The van der Waals surface area contributed by atoms with Gasteiger partial charge in [-0.25, -0.2) is 4.79 Å². The smallest absolute Gasteiger partial charge is 0.317 e. The Balaban J connectivity index is 2.24. The molecule has 0 aromatic heterocycles. The maximum atomic E-state index is 11.5. The van der Waals surface area contributed by atoms with Gasteiger partial charge in [0.15, 0.2) is 0 Å². The minimum Gasteiger partial charge on any atom is -0.357 e. The number of hydrogen-bond donors (Lipinski definition) is 1. The van der Waals surface area contributed by atoms with Crippen molar-refractivity contribution in [1.29, 1.82) is 0 Å². The van der Waals surface area contributed by atoms with E-state index in [1.807, 2.05) is 4.90 Å². The molecule has 2 amide bonds. The molecule has 5 nitrogen and oxygen atoms in total. The predicted molar refractivity (Wildman–Crippen MR) is 81.0 cm³/mol. The van der Waals surface area contributed by atoms with Crippen LogP contribution in [0, 0.1) is 0 Å². The highest BCUT2D eigenvalue weighted by Gasteiger charge is 2.21. The molecule has 0 aromatic carbocycles. The maximum absolute atomic E-state index is 11.5. The van der Waals surface area contributed by atoms with Gasteiger partial charge in [-0.1, -0.05) is 20.8 Å². The Morgan fingerprint density at radius 1 is 1.30 bits per heavy atom. The van der Waals surface area contributed by atoms with Gasteiger partial charge in [0.25, 0.3) is 0 Å².